The average molecular weight is 303 g/mol. The number of imidazole rings is 1. The fraction of sp³-hybridized carbons (Fsp3) is 0.100. The van der Waals surface area contributed by atoms with E-state index in [-0.39, 0.29) is 22.2 Å². The highest BCUT2D eigenvalue weighted by Crippen LogP contribution is 2.42. The molecule has 10 heteroatoms. The van der Waals surface area contributed by atoms with Crippen molar-refractivity contribution < 1.29 is 26.7 Å². The Labute approximate surface area is 111 Å². The molecule has 0 spiro atoms. The van der Waals surface area contributed by atoms with Gasteiger partial charge in [-0.1, -0.05) is 0 Å². The van der Waals surface area contributed by atoms with Crippen LogP contribution in [0.5, 0.6) is 11.5 Å². The fourth-order valence-corrected chi connectivity index (χ4v) is 2.57. The molecule has 0 saturated heterocycles. The third kappa shape index (κ3) is 2.25. The van der Waals surface area contributed by atoms with Crippen LogP contribution in [-0.2, 0) is 10.0 Å². The zero-order valence-electron chi connectivity index (χ0n) is 9.63. The van der Waals surface area contributed by atoms with Gasteiger partial charge in [-0.25, -0.2) is 4.98 Å². The Bertz CT molecular complexity index is 746. The first-order valence-corrected chi connectivity index (χ1v) is 6.75. The first-order chi connectivity index (χ1) is 9.36. The lowest BCUT2D eigenvalue weighted by molar-refractivity contribution is -0.286. The first-order valence-electron chi connectivity index (χ1n) is 5.27. The summed E-state index contributed by atoms with van der Waals surface area (Å²) in [5.74, 6) is -0.417. The van der Waals surface area contributed by atoms with Crippen LogP contribution in [0.2, 0.25) is 0 Å². The van der Waals surface area contributed by atoms with Gasteiger partial charge in [-0.3, -0.25) is 4.72 Å². The quantitative estimate of drug-likeness (QED) is 0.897. The lowest BCUT2D eigenvalue weighted by atomic mass is 10.3. The number of H-pyrrole nitrogens is 1. The molecule has 1 aromatic carbocycles. The molecule has 2 aromatic rings. The van der Waals surface area contributed by atoms with Crippen molar-refractivity contribution in [2.45, 2.75) is 11.3 Å². The van der Waals surface area contributed by atoms with Gasteiger partial charge in [0.25, 0.3) is 10.0 Å². The number of hydrogen-bond donors (Lipinski definition) is 2. The number of benzene rings is 1. The first kappa shape index (κ1) is 12.7. The van der Waals surface area contributed by atoms with E-state index in [0.29, 0.717) is 0 Å². The number of anilines is 1. The topological polar surface area (TPSA) is 93.3 Å². The number of aromatic nitrogens is 2. The van der Waals surface area contributed by atoms with Gasteiger partial charge in [-0.2, -0.15) is 8.42 Å². The number of hydrogen-bond acceptors (Lipinski definition) is 5. The maximum Gasteiger partial charge on any atom is 0.586 e. The Morgan fingerprint density at radius 2 is 2.00 bits per heavy atom. The molecule has 2 N–H and O–H groups in total. The van der Waals surface area contributed by atoms with Crippen molar-refractivity contribution in [2.24, 2.45) is 0 Å². The zero-order chi connectivity index (χ0) is 14.4. The Morgan fingerprint density at radius 3 is 2.70 bits per heavy atom. The highest BCUT2D eigenvalue weighted by molar-refractivity contribution is 7.92. The van der Waals surface area contributed by atoms with Crippen LogP contribution in [-0.4, -0.2) is 24.7 Å². The van der Waals surface area contributed by atoms with E-state index in [1.165, 1.54) is 18.5 Å². The Kier molecular flexibility index (Phi) is 2.57. The molecule has 20 heavy (non-hydrogen) atoms. The largest absolute Gasteiger partial charge is 0.586 e. The van der Waals surface area contributed by atoms with Crippen LogP contribution in [0.3, 0.4) is 0 Å². The van der Waals surface area contributed by atoms with Gasteiger partial charge in [0.05, 0.1) is 18.2 Å². The number of nitrogens with one attached hydrogen (secondary N) is 2. The van der Waals surface area contributed by atoms with Gasteiger partial charge >= 0.3 is 6.29 Å². The molecule has 1 aliphatic rings. The number of halogens is 2. The zero-order valence-corrected chi connectivity index (χ0v) is 10.4. The molecule has 7 nitrogen and oxygen atoms in total. The Morgan fingerprint density at radius 1 is 1.25 bits per heavy atom. The monoisotopic (exact) mass is 303 g/mol. The van der Waals surface area contributed by atoms with E-state index in [9.17, 15) is 17.2 Å². The lowest BCUT2D eigenvalue weighted by Crippen LogP contribution is -2.25. The summed E-state index contributed by atoms with van der Waals surface area (Å²) < 4.78 is 60.1. The number of alkyl halides is 2. The predicted molar refractivity (Wildman–Crippen MR) is 62.0 cm³/mol. The van der Waals surface area contributed by atoms with Gasteiger partial charge in [0.2, 0.25) is 0 Å². The third-order valence-corrected chi connectivity index (χ3v) is 3.72. The SMILES string of the molecule is O=S(=O)(Nc1ccc2c(c1)OC(F)(F)O2)c1cnc[nH]1. The fourth-order valence-electron chi connectivity index (χ4n) is 1.61. The molecule has 1 aliphatic heterocycles. The Hall–Kier alpha value is -2.36. The molecular weight excluding hydrogens is 296 g/mol. The smallest absolute Gasteiger partial charge is 0.395 e. The van der Waals surface area contributed by atoms with Crippen LogP contribution in [0.1, 0.15) is 0 Å². The maximum atomic E-state index is 12.8. The minimum absolute atomic E-state index is 0.0552. The van der Waals surface area contributed by atoms with Crippen LogP contribution in [0.15, 0.2) is 35.7 Å². The van der Waals surface area contributed by atoms with Crippen molar-refractivity contribution in [3.8, 4) is 11.5 Å². The number of rotatable bonds is 3. The van der Waals surface area contributed by atoms with Crippen LogP contribution >= 0.6 is 0 Å². The second kappa shape index (κ2) is 4.07. The highest BCUT2D eigenvalue weighted by Gasteiger charge is 2.43. The summed E-state index contributed by atoms with van der Waals surface area (Å²) in [5.41, 5.74) is 0.0552. The highest BCUT2D eigenvalue weighted by atomic mass is 32.2. The van der Waals surface area contributed by atoms with Gasteiger partial charge < -0.3 is 14.5 Å². The summed E-state index contributed by atoms with van der Waals surface area (Å²) in [6.45, 7) is 0. The van der Waals surface area contributed by atoms with Crippen molar-refractivity contribution in [2.75, 3.05) is 4.72 Å². The number of ether oxygens (including phenoxy) is 2. The van der Waals surface area contributed by atoms with Crippen LogP contribution in [0.4, 0.5) is 14.5 Å². The summed E-state index contributed by atoms with van der Waals surface area (Å²) >= 11 is 0. The van der Waals surface area contributed by atoms with Crippen molar-refractivity contribution in [1.29, 1.82) is 0 Å². The van der Waals surface area contributed by atoms with E-state index in [1.54, 1.807) is 0 Å². The summed E-state index contributed by atoms with van der Waals surface area (Å²) in [7, 11) is -3.87. The Balaban J connectivity index is 1.88. The van der Waals surface area contributed by atoms with Gasteiger partial charge in [0.1, 0.15) is 0 Å². The molecule has 3 rings (SSSR count). The van der Waals surface area contributed by atoms with E-state index in [0.717, 1.165) is 12.3 Å². The summed E-state index contributed by atoms with van der Waals surface area (Å²) in [5, 5.41) is -0.152. The summed E-state index contributed by atoms with van der Waals surface area (Å²) in [6, 6.07) is 3.56. The summed E-state index contributed by atoms with van der Waals surface area (Å²) in [4.78, 5) is 6.01. The van der Waals surface area contributed by atoms with Gasteiger partial charge in [0.15, 0.2) is 16.5 Å². The van der Waals surface area contributed by atoms with Crippen molar-refractivity contribution in [3.63, 3.8) is 0 Å². The van der Waals surface area contributed by atoms with Crippen molar-refractivity contribution in [3.05, 3.63) is 30.7 Å². The van der Waals surface area contributed by atoms with Crippen LogP contribution in [0.25, 0.3) is 0 Å². The molecule has 0 radical (unpaired) electrons. The molecule has 1 aromatic heterocycles. The van der Waals surface area contributed by atoms with Crippen LogP contribution in [0, 0.1) is 0 Å². The molecule has 0 fully saturated rings. The van der Waals surface area contributed by atoms with E-state index < -0.39 is 16.3 Å². The molecule has 2 heterocycles. The molecule has 0 aliphatic carbocycles. The van der Waals surface area contributed by atoms with Crippen molar-refractivity contribution >= 4 is 15.7 Å². The minimum Gasteiger partial charge on any atom is -0.395 e. The molecule has 0 bridgehead atoms. The third-order valence-electron chi connectivity index (χ3n) is 2.42. The van der Waals surface area contributed by atoms with Crippen LogP contribution < -0.4 is 14.2 Å². The van der Waals surface area contributed by atoms with Gasteiger partial charge in [-0.15, -0.1) is 8.78 Å². The predicted octanol–water partition coefficient (Wildman–Crippen LogP) is 1.53. The van der Waals surface area contributed by atoms with E-state index in [2.05, 4.69) is 24.2 Å². The number of aromatic amines is 1. The molecular formula is C10H7F2N3O4S. The van der Waals surface area contributed by atoms with Gasteiger partial charge in [0, 0.05) is 6.07 Å². The summed E-state index contributed by atoms with van der Waals surface area (Å²) in [6.07, 6.45) is -1.43. The normalized spacial score (nSPS) is 16.1. The van der Waals surface area contributed by atoms with Gasteiger partial charge in [-0.05, 0) is 12.1 Å². The molecule has 0 atom stereocenters. The van der Waals surface area contributed by atoms with E-state index >= 15 is 0 Å². The maximum absolute atomic E-state index is 12.8. The average Bonchev–Trinajstić information content (AvgIpc) is 2.93. The number of nitrogens with zero attached hydrogens (tertiary/aromatic N) is 1. The van der Waals surface area contributed by atoms with E-state index in [4.69, 9.17) is 0 Å². The molecule has 0 amide bonds. The minimum atomic E-state index is -3.87. The second-order valence-corrected chi connectivity index (χ2v) is 5.50. The van der Waals surface area contributed by atoms with E-state index in [1.807, 2.05) is 0 Å². The molecule has 106 valence electrons. The number of sulfonamides is 1. The number of fused-ring (bicyclic) bond motifs is 1. The molecule has 0 unspecified atom stereocenters. The molecule has 0 saturated carbocycles. The second-order valence-electron chi connectivity index (χ2n) is 3.85. The van der Waals surface area contributed by atoms with Crippen molar-refractivity contribution in [1.82, 2.24) is 9.97 Å². The lowest BCUT2D eigenvalue weighted by Gasteiger charge is -2.06. The standard InChI is InChI=1S/C10H7F2N3O4S/c11-10(12)18-7-2-1-6(3-8(7)19-10)15-20(16,17)9-4-13-5-14-9/h1-5,15H,(H,13,14).